The summed E-state index contributed by atoms with van der Waals surface area (Å²) in [7, 11) is -4.22. The van der Waals surface area contributed by atoms with E-state index in [0.29, 0.717) is 24.5 Å². The van der Waals surface area contributed by atoms with E-state index < -0.39 is 16.0 Å². The number of carboxylic acids is 1. The zero-order valence-electron chi connectivity index (χ0n) is 16.1. The van der Waals surface area contributed by atoms with Gasteiger partial charge in [-0.25, -0.2) is 18.4 Å². The molecule has 2 rings (SSSR count). The quantitative estimate of drug-likeness (QED) is 0.620. The zero-order chi connectivity index (χ0) is 20.7. The molecule has 0 spiro atoms. The fourth-order valence-corrected chi connectivity index (χ4v) is 3.53. The molecule has 0 amide bonds. The van der Waals surface area contributed by atoms with Crippen LogP contribution in [0.3, 0.4) is 0 Å². The van der Waals surface area contributed by atoms with E-state index in [1.807, 2.05) is 17.9 Å². The Kier molecular flexibility index (Phi) is 7.42. The molecule has 7 nitrogen and oxygen atoms in total. The number of primary sulfonamides is 1. The zero-order valence-corrected chi connectivity index (χ0v) is 16.9. The first kappa shape index (κ1) is 21.7. The molecule has 3 N–H and O–H groups in total. The normalized spacial score (nSPS) is 11.2. The first-order valence-electron chi connectivity index (χ1n) is 9.19. The summed E-state index contributed by atoms with van der Waals surface area (Å²) in [6, 6.07) is 11.2. The van der Waals surface area contributed by atoms with Crippen molar-refractivity contribution in [1.29, 1.82) is 0 Å². The Labute approximate surface area is 165 Å². The second-order valence-electron chi connectivity index (χ2n) is 6.43. The Balaban J connectivity index is 2.73. The van der Waals surface area contributed by atoms with Gasteiger partial charge in [0, 0.05) is 13.1 Å². The van der Waals surface area contributed by atoms with Gasteiger partial charge in [0.25, 0.3) is 0 Å². The minimum atomic E-state index is -4.22. The molecular formula is C20H26N2O5S. The van der Waals surface area contributed by atoms with Gasteiger partial charge in [0.15, 0.2) is 5.75 Å². The number of anilines is 1. The van der Waals surface area contributed by atoms with E-state index in [2.05, 4.69) is 6.92 Å². The number of benzene rings is 2. The molecule has 0 saturated heterocycles. The molecule has 0 aliphatic carbocycles. The van der Waals surface area contributed by atoms with Crippen molar-refractivity contribution in [3.63, 3.8) is 0 Å². The summed E-state index contributed by atoms with van der Waals surface area (Å²) < 4.78 is 30.4. The minimum absolute atomic E-state index is 0.0447. The molecule has 0 bridgehead atoms. The van der Waals surface area contributed by atoms with Gasteiger partial charge in [0.1, 0.15) is 10.6 Å². The monoisotopic (exact) mass is 406 g/mol. The highest BCUT2D eigenvalue weighted by atomic mass is 32.2. The topological polar surface area (TPSA) is 110 Å². The average Bonchev–Trinajstić information content (AvgIpc) is 2.65. The first-order valence-corrected chi connectivity index (χ1v) is 10.7. The van der Waals surface area contributed by atoms with Crippen LogP contribution < -0.4 is 14.8 Å². The number of unbranched alkanes of at least 4 members (excludes halogenated alkanes) is 1. The Bertz CT molecular complexity index is 914. The highest BCUT2D eigenvalue weighted by Crippen LogP contribution is 2.39. The summed E-state index contributed by atoms with van der Waals surface area (Å²) in [5.41, 5.74) is 0.250. The number of hydrogen-bond donors (Lipinski definition) is 2. The smallest absolute Gasteiger partial charge is 0.335 e. The van der Waals surface area contributed by atoms with Gasteiger partial charge in [-0.3, -0.25) is 0 Å². The van der Waals surface area contributed by atoms with Crippen LogP contribution in [0.2, 0.25) is 0 Å². The number of nitrogens with zero attached hydrogens (tertiary/aromatic N) is 1. The van der Waals surface area contributed by atoms with Crippen molar-refractivity contribution in [2.45, 2.75) is 38.0 Å². The highest BCUT2D eigenvalue weighted by Gasteiger charge is 2.26. The van der Waals surface area contributed by atoms with E-state index in [0.717, 1.165) is 25.3 Å². The maximum absolute atomic E-state index is 12.3. The van der Waals surface area contributed by atoms with Crippen LogP contribution in [0.4, 0.5) is 5.69 Å². The van der Waals surface area contributed by atoms with Crippen molar-refractivity contribution in [3.05, 3.63) is 48.0 Å². The van der Waals surface area contributed by atoms with Crippen LogP contribution in [0.1, 0.15) is 43.5 Å². The first-order chi connectivity index (χ1) is 13.3. The Morgan fingerprint density at radius 3 is 2.32 bits per heavy atom. The van der Waals surface area contributed by atoms with Gasteiger partial charge in [-0.2, -0.15) is 0 Å². The second kappa shape index (κ2) is 9.57. The number of hydrogen-bond acceptors (Lipinski definition) is 5. The van der Waals surface area contributed by atoms with Gasteiger partial charge in [0.05, 0.1) is 11.3 Å². The number of carboxylic acid groups (broad SMARTS) is 1. The van der Waals surface area contributed by atoms with Gasteiger partial charge in [0.2, 0.25) is 10.0 Å². The summed E-state index contributed by atoms with van der Waals surface area (Å²) in [5.74, 6) is -0.753. The lowest BCUT2D eigenvalue weighted by Crippen LogP contribution is -2.27. The molecule has 2 aromatic rings. The Morgan fingerprint density at radius 2 is 1.79 bits per heavy atom. The number of sulfonamides is 1. The maximum Gasteiger partial charge on any atom is 0.335 e. The van der Waals surface area contributed by atoms with Crippen LogP contribution in [-0.4, -0.2) is 32.6 Å². The summed E-state index contributed by atoms with van der Waals surface area (Å²) in [6.45, 7) is 5.31. The predicted octanol–water partition coefficient (Wildman–Crippen LogP) is 3.84. The summed E-state index contributed by atoms with van der Waals surface area (Å²) in [4.78, 5) is 13.2. The summed E-state index contributed by atoms with van der Waals surface area (Å²) in [5, 5.41) is 14.9. The molecule has 0 fully saturated rings. The van der Waals surface area contributed by atoms with E-state index in [4.69, 9.17) is 9.88 Å². The molecule has 0 aliphatic rings. The molecule has 0 aromatic heterocycles. The molecule has 0 unspecified atom stereocenters. The number of ether oxygens (including phenoxy) is 1. The van der Waals surface area contributed by atoms with E-state index in [1.54, 1.807) is 24.3 Å². The molecule has 0 heterocycles. The molecular weight excluding hydrogens is 380 g/mol. The third kappa shape index (κ3) is 5.46. The molecule has 2 aromatic carbocycles. The van der Waals surface area contributed by atoms with E-state index >= 15 is 0 Å². The fourth-order valence-electron chi connectivity index (χ4n) is 2.84. The number of nitrogens with two attached hydrogens (primary N) is 1. The van der Waals surface area contributed by atoms with Crippen LogP contribution in [0.5, 0.6) is 11.5 Å². The number of carbonyl (C=O) groups is 1. The van der Waals surface area contributed by atoms with E-state index in [1.165, 1.54) is 6.07 Å². The van der Waals surface area contributed by atoms with Crippen molar-refractivity contribution in [1.82, 2.24) is 0 Å². The molecule has 152 valence electrons. The van der Waals surface area contributed by atoms with Crippen molar-refractivity contribution >= 4 is 21.7 Å². The van der Waals surface area contributed by atoms with Crippen LogP contribution in [0, 0.1) is 0 Å². The second-order valence-corrected chi connectivity index (χ2v) is 7.96. The lowest BCUT2D eigenvalue weighted by atomic mass is 10.1. The predicted molar refractivity (Wildman–Crippen MR) is 109 cm³/mol. The molecule has 0 radical (unpaired) electrons. The molecule has 28 heavy (non-hydrogen) atoms. The van der Waals surface area contributed by atoms with Gasteiger partial charge in [-0.1, -0.05) is 38.5 Å². The Hall–Kier alpha value is -2.58. The van der Waals surface area contributed by atoms with Crippen LogP contribution >= 0.6 is 0 Å². The van der Waals surface area contributed by atoms with E-state index in [9.17, 15) is 18.3 Å². The number of aromatic carboxylic acids is 1. The van der Waals surface area contributed by atoms with Crippen LogP contribution in [0.25, 0.3) is 0 Å². The number of rotatable bonds is 10. The van der Waals surface area contributed by atoms with Crippen molar-refractivity contribution in [2.75, 3.05) is 18.0 Å². The lowest BCUT2D eigenvalue weighted by molar-refractivity contribution is 0.0696. The average molecular weight is 407 g/mol. The van der Waals surface area contributed by atoms with Crippen molar-refractivity contribution in [3.8, 4) is 11.5 Å². The summed E-state index contributed by atoms with van der Waals surface area (Å²) >= 11 is 0. The molecule has 8 heteroatoms. The highest BCUT2D eigenvalue weighted by molar-refractivity contribution is 7.89. The van der Waals surface area contributed by atoms with Crippen molar-refractivity contribution < 1.29 is 23.1 Å². The van der Waals surface area contributed by atoms with Gasteiger partial charge in [-0.05, 0) is 37.1 Å². The lowest BCUT2D eigenvalue weighted by Gasteiger charge is -2.28. The minimum Gasteiger partial charge on any atom is -0.478 e. The van der Waals surface area contributed by atoms with E-state index in [-0.39, 0.29) is 16.2 Å². The van der Waals surface area contributed by atoms with Crippen LogP contribution in [0.15, 0.2) is 47.4 Å². The third-order valence-electron chi connectivity index (χ3n) is 4.17. The SMILES string of the molecule is CCCCN(CCC)c1cc(C(=O)O)cc(S(N)(=O)=O)c1Oc1ccccc1. The maximum atomic E-state index is 12.3. The number of para-hydroxylation sites is 1. The van der Waals surface area contributed by atoms with Crippen LogP contribution in [-0.2, 0) is 10.0 Å². The Morgan fingerprint density at radius 1 is 1.11 bits per heavy atom. The summed E-state index contributed by atoms with van der Waals surface area (Å²) in [6.07, 6.45) is 2.61. The third-order valence-corrected chi connectivity index (χ3v) is 5.08. The molecule has 0 saturated carbocycles. The largest absolute Gasteiger partial charge is 0.478 e. The standard InChI is InChI=1S/C20H26N2O5S/c1-3-5-12-22(11-4-2)17-13-15(20(23)24)14-18(28(21,25)26)19(17)27-16-9-7-6-8-10-16/h6-10,13-14H,3-5,11-12H2,1-2H3,(H,23,24)(H2,21,25,26). The molecule has 0 aliphatic heterocycles. The van der Waals surface area contributed by atoms with Gasteiger partial charge < -0.3 is 14.7 Å². The van der Waals surface area contributed by atoms with Crippen molar-refractivity contribution in [2.24, 2.45) is 5.14 Å². The van der Waals surface area contributed by atoms with Gasteiger partial charge in [-0.15, -0.1) is 0 Å². The molecule has 0 atom stereocenters. The van der Waals surface area contributed by atoms with Gasteiger partial charge >= 0.3 is 5.97 Å². The fraction of sp³-hybridized carbons (Fsp3) is 0.350.